The van der Waals surface area contributed by atoms with Gasteiger partial charge in [-0.05, 0) is 123 Å². The van der Waals surface area contributed by atoms with Crippen LogP contribution in [-0.4, -0.2) is 35.5 Å². The predicted molar refractivity (Wildman–Crippen MR) is 175 cm³/mol. The number of benzene rings is 3. The molecule has 0 saturated heterocycles. The molecule has 44 heavy (non-hydrogen) atoms. The van der Waals surface area contributed by atoms with Crippen molar-refractivity contribution in [3.05, 3.63) is 117 Å². The van der Waals surface area contributed by atoms with E-state index in [1.165, 1.54) is 29.1 Å². The number of anilines is 2. The maximum atomic E-state index is 13.7. The van der Waals surface area contributed by atoms with Gasteiger partial charge in [-0.3, -0.25) is 9.59 Å². The number of carbonyl (C=O) groups is 3. The molecule has 0 aliphatic heterocycles. The van der Waals surface area contributed by atoms with E-state index in [1.807, 2.05) is 54.6 Å². The molecule has 2 aliphatic rings. The van der Waals surface area contributed by atoms with Crippen LogP contribution in [0.25, 0.3) is 0 Å². The first-order chi connectivity index (χ1) is 21.4. The summed E-state index contributed by atoms with van der Waals surface area (Å²) in [7, 11) is 0. The number of thiophene rings is 1. The van der Waals surface area contributed by atoms with Gasteiger partial charge in [0, 0.05) is 22.2 Å². The van der Waals surface area contributed by atoms with Gasteiger partial charge in [0.15, 0.2) is 0 Å². The molecule has 4 aromatic rings. The van der Waals surface area contributed by atoms with Gasteiger partial charge in [0.1, 0.15) is 5.00 Å². The highest BCUT2D eigenvalue weighted by molar-refractivity contribution is 7.17. The fourth-order valence-corrected chi connectivity index (χ4v) is 6.98. The summed E-state index contributed by atoms with van der Waals surface area (Å²) in [6.45, 7) is 0.904. The summed E-state index contributed by atoms with van der Waals surface area (Å²) in [5, 5.41) is 19.4. The second-order valence-electron chi connectivity index (χ2n) is 11.7. The first kappa shape index (κ1) is 29.8. The minimum Gasteiger partial charge on any atom is -0.478 e. The van der Waals surface area contributed by atoms with Gasteiger partial charge in [-0.1, -0.05) is 36.4 Å². The molecule has 226 valence electrons. The van der Waals surface area contributed by atoms with Gasteiger partial charge in [-0.15, -0.1) is 11.3 Å². The number of amides is 2. The Bertz CT molecular complexity index is 1660. The Labute approximate surface area is 261 Å². The summed E-state index contributed by atoms with van der Waals surface area (Å²) in [4.78, 5) is 39.3. The molecule has 1 aromatic heterocycles. The van der Waals surface area contributed by atoms with Gasteiger partial charge in [-0.2, -0.15) is 0 Å². The molecular weight excluding hydrogens is 570 g/mol. The monoisotopic (exact) mass is 607 g/mol. The SMILES string of the molecule is O=C(O)c1ccc(CCc2ccc(NC(=O)c3c(NC(=O)c4cccc(CCNC5CC5)c4)sc4c3CCCC4)cc2)cc1. The quantitative estimate of drug-likeness (QED) is 0.140. The lowest BCUT2D eigenvalue weighted by molar-refractivity contribution is 0.0696. The number of hydrogen-bond donors (Lipinski definition) is 4. The second-order valence-corrected chi connectivity index (χ2v) is 12.8. The molecule has 2 amide bonds. The fourth-order valence-electron chi connectivity index (χ4n) is 5.70. The number of rotatable bonds is 12. The van der Waals surface area contributed by atoms with E-state index in [0.717, 1.165) is 73.7 Å². The van der Waals surface area contributed by atoms with Crippen LogP contribution in [0.15, 0.2) is 72.8 Å². The maximum absolute atomic E-state index is 13.7. The van der Waals surface area contributed by atoms with Crippen molar-refractivity contribution < 1.29 is 19.5 Å². The van der Waals surface area contributed by atoms with E-state index in [2.05, 4.69) is 22.0 Å². The van der Waals surface area contributed by atoms with Crippen molar-refractivity contribution >= 4 is 39.8 Å². The number of fused-ring (bicyclic) bond motifs is 1. The number of aromatic carboxylic acids is 1. The molecule has 0 unspecified atom stereocenters. The molecule has 7 nitrogen and oxygen atoms in total. The second kappa shape index (κ2) is 13.6. The number of nitrogens with one attached hydrogen (secondary N) is 3. The smallest absolute Gasteiger partial charge is 0.335 e. The standard InChI is InChI=1S/C36H37N3O4S/c40-33(27-5-3-4-25(22-27)20-21-37-28-18-19-28)39-35-32(30-6-1-2-7-31(30)44-35)34(41)38-29-16-12-24(13-17-29)9-8-23-10-14-26(15-11-23)36(42)43/h3-5,10-17,22,28,37H,1-2,6-9,18-21H2,(H,38,41)(H,39,40)(H,42,43). The minimum absolute atomic E-state index is 0.198. The molecule has 1 fully saturated rings. The fraction of sp³-hybridized carbons (Fsp3) is 0.306. The lowest BCUT2D eigenvalue weighted by atomic mass is 9.95. The van der Waals surface area contributed by atoms with Crippen LogP contribution in [0, 0.1) is 0 Å². The summed E-state index contributed by atoms with van der Waals surface area (Å²) >= 11 is 1.53. The highest BCUT2D eigenvalue weighted by Crippen LogP contribution is 2.39. The topological polar surface area (TPSA) is 108 Å². The van der Waals surface area contributed by atoms with Crippen LogP contribution in [0.3, 0.4) is 0 Å². The molecule has 4 N–H and O–H groups in total. The van der Waals surface area contributed by atoms with Gasteiger partial charge in [0.2, 0.25) is 0 Å². The normalized spacial score (nSPS) is 14.1. The van der Waals surface area contributed by atoms with Crippen LogP contribution in [0.1, 0.15) is 83.9 Å². The van der Waals surface area contributed by atoms with E-state index < -0.39 is 5.97 Å². The first-order valence-electron chi connectivity index (χ1n) is 15.4. The molecule has 3 aromatic carbocycles. The number of carbonyl (C=O) groups excluding carboxylic acids is 2. The van der Waals surface area contributed by atoms with Crippen LogP contribution < -0.4 is 16.0 Å². The first-order valence-corrected chi connectivity index (χ1v) is 16.3. The highest BCUT2D eigenvalue weighted by Gasteiger charge is 2.27. The third-order valence-corrected chi connectivity index (χ3v) is 9.56. The van der Waals surface area contributed by atoms with Gasteiger partial charge in [0.05, 0.1) is 11.1 Å². The van der Waals surface area contributed by atoms with Crippen molar-refractivity contribution in [3.63, 3.8) is 0 Å². The Morgan fingerprint density at radius 1 is 0.750 bits per heavy atom. The maximum Gasteiger partial charge on any atom is 0.335 e. The lowest BCUT2D eigenvalue weighted by Crippen LogP contribution is -2.20. The Kier molecular flexibility index (Phi) is 9.19. The van der Waals surface area contributed by atoms with Gasteiger partial charge < -0.3 is 21.1 Å². The van der Waals surface area contributed by atoms with E-state index in [4.69, 9.17) is 5.11 Å². The van der Waals surface area contributed by atoms with E-state index >= 15 is 0 Å². The molecule has 0 spiro atoms. The van der Waals surface area contributed by atoms with Crippen LogP contribution in [0.5, 0.6) is 0 Å². The number of aryl methyl sites for hydroxylation is 3. The molecule has 8 heteroatoms. The Hall–Kier alpha value is -4.27. The highest BCUT2D eigenvalue weighted by atomic mass is 32.1. The van der Waals surface area contributed by atoms with Crippen molar-refractivity contribution in [2.75, 3.05) is 17.2 Å². The number of carboxylic acids is 1. The van der Waals surface area contributed by atoms with Crippen LogP contribution >= 0.6 is 11.3 Å². The van der Waals surface area contributed by atoms with Gasteiger partial charge >= 0.3 is 5.97 Å². The number of hydrogen-bond acceptors (Lipinski definition) is 5. The van der Waals surface area contributed by atoms with E-state index in [9.17, 15) is 14.4 Å². The van der Waals surface area contributed by atoms with Crippen molar-refractivity contribution in [3.8, 4) is 0 Å². The van der Waals surface area contributed by atoms with Gasteiger partial charge in [0.25, 0.3) is 11.8 Å². The Morgan fingerprint density at radius 2 is 1.45 bits per heavy atom. The zero-order valence-electron chi connectivity index (χ0n) is 24.7. The average Bonchev–Trinajstić information content (AvgIpc) is 3.79. The van der Waals surface area contributed by atoms with Crippen LogP contribution in [0.4, 0.5) is 10.7 Å². The largest absolute Gasteiger partial charge is 0.478 e. The van der Waals surface area contributed by atoms with Crippen LogP contribution in [-0.2, 0) is 32.1 Å². The molecule has 1 heterocycles. The Balaban J connectivity index is 1.11. The summed E-state index contributed by atoms with van der Waals surface area (Å²) in [5.74, 6) is -1.33. The molecular formula is C36H37N3O4S. The number of carboxylic acid groups (broad SMARTS) is 1. The lowest BCUT2D eigenvalue weighted by Gasteiger charge is -2.14. The van der Waals surface area contributed by atoms with Crippen LogP contribution in [0.2, 0.25) is 0 Å². The van der Waals surface area contributed by atoms with Crippen molar-refractivity contribution in [1.82, 2.24) is 5.32 Å². The summed E-state index contributed by atoms with van der Waals surface area (Å²) < 4.78 is 0. The molecule has 1 saturated carbocycles. The molecule has 0 atom stereocenters. The van der Waals surface area contributed by atoms with E-state index in [-0.39, 0.29) is 17.4 Å². The van der Waals surface area contributed by atoms with E-state index in [1.54, 1.807) is 12.1 Å². The third-order valence-electron chi connectivity index (χ3n) is 8.35. The van der Waals surface area contributed by atoms with Crippen molar-refractivity contribution in [2.45, 2.75) is 63.8 Å². The third kappa shape index (κ3) is 7.44. The summed E-state index contributed by atoms with van der Waals surface area (Å²) in [5.41, 5.74) is 6.53. The van der Waals surface area contributed by atoms with Gasteiger partial charge in [-0.25, -0.2) is 4.79 Å². The Morgan fingerprint density at radius 3 is 2.16 bits per heavy atom. The van der Waals surface area contributed by atoms with E-state index in [0.29, 0.717) is 27.9 Å². The molecule has 6 rings (SSSR count). The minimum atomic E-state index is -0.927. The summed E-state index contributed by atoms with van der Waals surface area (Å²) in [6, 6.07) is 23.2. The van der Waals surface area contributed by atoms with Crippen molar-refractivity contribution in [2.24, 2.45) is 0 Å². The average molecular weight is 608 g/mol. The molecule has 2 aliphatic carbocycles. The zero-order valence-corrected chi connectivity index (χ0v) is 25.5. The summed E-state index contributed by atoms with van der Waals surface area (Å²) in [6.07, 6.45) is 8.84. The molecule has 0 bridgehead atoms. The van der Waals surface area contributed by atoms with Crippen molar-refractivity contribution in [1.29, 1.82) is 0 Å². The predicted octanol–water partition coefficient (Wildman–Crippen LogP) is 6.91. The zero-order chi connectivity index (χ0) is 30.5. The molecule has 0 radical (unpaired) electrons.